The molecule has 1 spiro atoms. The molecule has 4 aliphatic rings. The fraction of sp³-hybridized carbons (Fsp3) is 0.455. The minimum Gasteiger partial charge on any atom is -0.481 e. The van der Waals surface area contributed by atoms with Gasteiger partial charge in [-0.25, -0.2) is 14.4 Å². The maximum atomic E-state index is 13.0. The summed E-state index contributed by atoms with van der Waals surface area (Å²) in [7, 11) is 1.96. The molecule has 0 unspecified atom stereocenters. The molecule has 0 saturated carbocycles. The Morgan fingerprint density at radius 1 is 1.09 bits per heavy atom. The van der Waals surface area contributed by atoms with Crippen molar-refractivity contribution in [3.63, 3.8) is 0 Å². The molecule has 1 saturated heterocycles. The summed E-state index contributed by atoms with van der Waals surface area (Å²) in [5, 5.41) is 42.4. The van der Waals surface area contributed by atoms with Crippen molar-refractivity contribution in [2.24, 2.45) is 0 Å². The molecule has 0 radical (unpaired) electrons. The minimum absolute atomic E-state index is 0.0795. The van der Waals surface area contributed by atoms with E-state index in [2.05, 4.69) is 4.90 Å². The van der Waals surface area contributed by atoms with Crippen LogP contribution in [0, 0.1) is 0 Å². The number of rotatable bonds is 10. The molecule has 13 nitrogen and oxygen atoms in total. The molecule has 2 heterocycles. The molecule has 4 N–H and O–H groups in total. The van der Waals surface area contributed by atoms with Crippen LogP contribution in [0.25, 0.3) is 0 Å². The van der Waals surface area contributed by atoms with Gasteiger partial charge in [0.15, 0.2) is 18.3 Å². The van der Waals surface area contributed by atoms with Gasteiger partial charge in [0.25, 0.3) is 0 Å². The Labute approximate surface area is 263 Å². The number of carbonyl (C=O) groups excluding carboxylic acids is 3. The molecule has 1 fully saturated rings. The summed E-state index contributed by atoms with van der Waals surface area (Å²) in [5.74, 6) is -4.32. The van der Waals surface area contributed by atoms with Crippen LogP contribution in [0.2, 0.25) is 0 Å². The molecule has 2 aliphatic carbocycles. The topological polar surface area (TPSA) is 189 Å². The van der Waals surface area contributed by atoms with Crippen LogP contribution in [-0.4, -0.2) is 92.8 Å². The standard InChI is InChI=1S/C33H35NO12/c1-17(30(40)46-27(29(38)39)18-6-4-3-5-7-18)43-24(37)15-21(36)31(41)44-22-10-11-33(42)23-14-19-8-9-20(16-35)26-25(19)32(33,28(22)45-26)12-13-34(23)2/h3-10,17,21,23,27-28,35-36,42H,11-16H2,1-2H3,(H,38,39)/t17-,21-,23+,27-,28-,32-,33+/m0/s1. The lowest BCUT2D eigenvalue weighted by Crippen LogP contribution is -2.74. The SMILES string of the molecule is C[C@H](OC(=O)C[C@H](O)C(=O)OC1=CC[C@@]2(O)[C@H]3Cc4ccc(CO)c5c4[C@@]2(CCN3C)[C@H]1O5)C(=O)O[C@H](C(=O)O)c1ccccc1. The second-order valence-corrected chi connectivity index (χ2v) is 12.2. The van der Waals surface area contributed by atoms with Gasteiger partial charge in [0.2, 0.25) is 6.10 Å². The highest BCUT2D eigenvalue weighted by Gasteiger charge is 2.72. The van der Waals surface area contributed by atoms with Gasteiger partial charge in [0.1, 0.15) is 11.5 Å². The van der Waals surface area contributed by atoms with Crippen molar-refractivity contribution in [1.82, 2.24) is 4.90 Å². The fourth-order valence-electron chi connectivity index (χ4n) is 7.45. The molecule has 6 rings (SSSR count). The van der Waals surface area contributed by atoms with Crippen LogP contribution in [0.1, 0.15) is 54.5 Å². The van der Waals surface area contributed by atoms with Crippen molar-refractivity contribution in [2.75, 3.05) is 13.6 Å². The quantitative estimate of drug-likeness (QED) is 0.214. The van der Waals surface area contributed by atoms with E-state index < -0.39 is 65.7 Å². The van der Waals surface area contributed by atoms with Crippen molar-refractivity contribution in [3.05, 3.63) is 76.6 Å². The molecular weight excluding hydrogens is 602 g/mol. The van der Waals surface area contributed by atoms with Crippen molar-refractivity contribution < 1.29 is 58.6 Å². The first kappa shape index (κ1) is 31.7. The molecule has 7 atom stereocenters. The number of likely N-dealkylation sites (tertiary alicyclic amines) is 1. The Kier molecular flexibility index (Phi) is 8.13. The molecule has 2 aromatic rings. The zero-order chi connectivity index (χ0) is 33.0. The molecule has 2 bridgehead atoms. The fourth-order valence-corrected chi connectivity index (χ4v) is 7.45. The third kappa shape index (κ3) is 4.94. The molecule has 2 aromatic carbocycles. The number of carbonyl (C=O) groups is 4. The summed E-state index contributed by atoms with van der Waals surface area (Å²) >= 11 is 0. The normalized spacial score (nSPS) is 27.6. The lowest BCUT2D eigenvalue weighted by Gasteiger charge is -2.61. The Bertz CT molecular complexity index is 1610. The van der Waals surface area contributed by atoms with Crippen LogP contribution in [0.5, 0.6) is 5.75 Å². The van der Waals surface area contributed by atoms with E-state index in [-0.39, 0.29) is 30.4 Å². The van der Waals surface area contributed by atoms with Gasteiger partial charge in [0.05, 0.1) is 24.0 Å². The second kappa shape index (κ2) is 11.8. The van der Waals surface area contributed by atoms with Crippen LogP contribution < -0.4 is 4.74 Å². The number of benzene rings is 2. The Morgan fingerprint density at radius 3 is 2.52 bits per heavy atom. The summed E-state index contributed by atoms with van der Waals surface area (Å²) in [6.45, 7) is 1.52. The number of carboxylic acid groups (broad SMARTS) is 1. The third-order valence-electron chi connectivity index (χ3n) is 9.68. The van der Waals surface area contributed by atoms with Gasteiger partial charge >= 0.3 is 23.9 Å². The van der Waals surface area contributed by atoms with Gasteiger partial charge in [-0.3, -0.25) is 4.79 Å². The molecule has 46 heavy (non-hydrogen) atoms. The lowest BCUT2D eigenvalue weighted by molar-refractivity contribution is -0.178. The van der Waals surface area contributed by atoms with Crippen LogP contribution in [0.4, 0.5) is 0 Å². The van der Waals surface area contributed by atoms with E-state index in [1.54, 1.807) is 30.3 Å². The summed E-state index contributed by atoms with van der Waals surface area (Å²) in [6.07, 6.45) is -4.15. The first-order valence-electron chi connectivity index (χ1n) is 15.0. The van der Waals surface area contributed by atoms with E-state index in [1.807, 2.05) is 13.1 Å². The number of nitrogens with zero attached hydrogens (tertiary/aromatic N) is 1. The largest absolute Gasteiger partial charge is 0.481 e. The number of aliphatic hydroxyl groups excluding tert-OH is 2. The van der Waals surface area contributed by atoms with Gasteiger partial charge in [-0.05, 0) is 45.0 Å². The predicted octanol–water partition coefficient (Wildman–Crippen LogP) is 1.05. The first-order chi connectivity index (χ1) is 21.9. The van der Waals surface area contributed by atoms with Crippen LogP contribution in [0.3, 0.4) is 0 Å². The van der Waals surface area contributed by atoms with E-state index in [9.17, 15) is 39.6 Å². The maximum absolute atomic E-state index is 13.0. The molecule has 13 heteroatoms. The Morgan fingerprint density at radius 2 is 1.83 bits per heavy atom. The zero-order valence-corrected chi connectivity index (χ0v) is 25.3. The number of hydrogen-bond donors (Lipinski definition) is 4. The van der Waals surface area contributed by atoms with E-state index >= 15 is 0 Å². The van der Waals surface area contributed by atoms with Gasteiger partial charge in [0, 0.05) is 29.2 Å². The Hall–Kier alpha value is -4.30. The van der Waals surface area contributed by atoms with Crippen LogP contribution in [-0.2, 0) is 51.8 Å². The van der Waals surface area contributed by atoms with Crippen molar-refractivity contribution >= 4 is 23.9 Å². The van der Waals surface area contributed by atoms with Crippen molar-refractivity contribution in [2.45, 2.75) is 80.7 Å². The monoisotopic (exact) mass is 637 g/mol. The van der Waals surface area contributed by atoms with Gasteiger partial charge in [-0.1, -0.05) is 42.5 Å². The molecule has 0 aromatic heterocycles. The number of ether oxygens (including phenoxy) is 4. The summed E-state index contributed by atoms with van der Waals surface area (Å²) in [6, 6.07) is 11.2. The highest BCUT2D eigenvalue weighted by Crippen LogP contribution is 2.64. The number of esters is 3. The maximum Gasteiger partial charge on any atom is 0.349 e. The first-order valence-corrected chi connectivity index (χ1v) is 15.0. The number of aliphatic hydroxyl groups is 3. The summed E-state index contributed by atoms with van der Waals surface area (Å²) in [4.78, 5) is 51.9. The lowest BCUT2D eigenvalue weighted by atomic mass is 9.50. The second-order valence-electron chi connectivity index (χ2n) is 12.2. The van der Waals surface area contributed by atoms with Gasteiger partial charge < -0.3 is 44.3 Å². The smallest absolute Gasteiger partial charge is 0.349 e. The zero-order valence-electron chi connectivity index (χ0n) is 25.3. The van der Waals surface area contributed by atoms with E-state index in [1.165, 1.54) is 19.1 Å². The molecule has 244 valence electrons. The average molecular weight is 638 g/mol. The van der Waals surface area contributed by atoms with Gasteiger partial charge in [-0.15, -0.1) is 0 Å². The highest BCUT2D eigenvalue weighted by atomic mass is 16.6. The number of hydrogen-bond acceptors (Lipinski definition) is 12. The van der Waals surface area contributed by atoms with Crippen molar-refractivity contribution in [3.8, 4) is 5.75 Å². The highest BCUT2D eigenvalue weighted by molar-refractivity contribution is 5.85. The number of carboxylic acids is 1. The summed E-state index contributed by atoms with van der Waals surface area (Å²) in [5.41, 5.74) is 0.326. The molecule has 0 amide bonds. The number of likely N-dealkylation sites (N-methyl/N-ethyl adjacent to an activating group) is 1. The number of piperidine rings is 1. The Balaban J connectivity index is 1.13. The summed E-state index contributed by atoms with van der Waals surface area (Å²) < 4.78 is 22.1. The molecular formula is C33H35NO12. The minimum atomic E-state index is -1.98. The van der Waals surface area contributed by atoms with Crippen LogP contribution >= 0.6 is 0 Å². The molecule has 2 aliphatic heterocycles. The van der Waals surface area contributed by atoms with E-state index in [0.29, 0.717) is 30.7 Å². The van der Waals surface area contributed by atoms with Crippen molar-refractivity contribution in [1.29, 1.82) is 0 Å². The average Bonchev–Trinajstić information content (AvgIpc) is 3.39. The van der Waals surface area contributed by atoms with Crippen LogP contribution in [0.15, 0.2) is 54.3 Å². The third-order valence-corrected chi connectivity index (χ3v) is 9.68. The number of aliphatic carboxylic acids is 1. The van der Waals surface area contributed by atoms with E-state index in [0.717, 1.165) is 11.1 Å². The van der Waals surface area contributed by atoms with E-state index in [4.69, 9.17) is 18.9 Å². The predicted molar refractivity (Wildman–Crippen MR) is 156 cm³/mol. The van der Waals surface area contributed by atoms with Gasteiger partial charge in [-0.2, -0.15) is 0 Å².